The predicted molar refractivity (Wildman–Crippen MR) is 78.3 cm³/mol. The molecule has 0 aromatic heterocycles. The second kappa shape index (κ2) is 5.64. The van der Waals surface area contributed by atoms with Crippen LogP contribution in [0.25, 0.3) is 0 Å². The number of carbonyl (C=O) groups is 1. The molecule has 2 fully saturated rings. The summed E-state index contributed by atoms with van der Waals surface area (Å²) in [4.78, 5) is 11.8. The van der Waals surface area contributed by atoms with Crippen molar-refractivity contribution in [3.05, 3.63) is 24.3 Å². The minimum Gasteiger partial charge on any atom is -0.382 e. The third kappa shape index (κ3) is 3.09. The van der Waals surface area contributed by atoms with Crippen molar-refractivity contribution < 1.29 is 4.79 Å². The van der Waals surface area contributed by atoms with E-state index in [2.05, 4.69) is 22.8 Å². The zero-order valence-electron chi connectivity index (χ0n) is 11.3. The minimum atomic E-state index is 0.183. The summed E-state index contributed by atoms with van der Waals surface area (Å²) < 4.78 is 0. The second-order valence-electron chi connectivity index (χ2n) is 5.82. The molecule has 2 aliphatic rings. The monoisotopic (exact) mass is 258 g/mol. The van der Waals surface area contributed by atoms with E-state index in [1.54, 1.807) is 0 Å². The Labute approximate surface area is 114 Å². The van der Waals surface area contributed by atoms with E-state index in [1.807, 2.05) is 12.1 Å². The summed E-state index contributed by atoms with van der Waals surface area (Å²) in [7, 11) is 0. The highest BCUT2D eigenvalue weighted by molar-refractivity contribution is 5.93. The van der Waals surface area contributed by atoms with Crippen molar-refractivity contribution >= 4 is 17.3 Å². The van der Waals surface area contributed by atoms with Crippen LogP contribution in [0.5, 0.6) is 0 Å². The average molecular weight is 258 g/mol. The van der Waals surface area contributed by atoms with E-state index >= 15 is 0 Å². The lowest BCUT2D eigenvalue weighted by Crippen LogP contribution is -2.28. The third-order valence-electron chi connectivity index (χ3n) is 4.35. The molecule has 102 valence electrons. The lowest BCUT2D eigenvalue weighted by molar-refractivity contribution is -0.122. The Balaban J connectivity index is 1.54. The van der Waals surface area contributed by atoms with Gasteiger partial charge in [0.15, 0.2) is 0 Å². The molecule has 0 radical (unpaired) electrons. The molecule has 2 saturated carbocycles. The Morgan fingerprint density at radius 3 is 2.11 bits per heavy atom. The molecule has 0 unspecified atom stereocenters. The maximum absolute atomic E-state index is 11.8. The second-order valence-corrected chi connectivity index (χ2v) is 5.82. The van der Waals surface area contributed by atoms with Crippen LogP contribution in [-0.2, 0) is 4.79 Å². The van der Waals surface area contributed by atoms with Gasteiger partial charge in [-0.3, -0.25) is 4.79 Å². The maximum atomic E-state index is 11.8. The zero-order chi connectivity index (χ0) is 13.1. The summed E-state index contributed by atoms with van der Waals surface area (Å²) in [6.07, 6.45) is 8.53. The van der Waals surface area contributed by atoms with Crippen molar-refractivity contribution in [2.24, 2.45) is 5.92 Å². The van der Waals surface area contributed by atoms with Gasteiger partial charge in [-0.2, -0.15) is 0 Å². The largest absolute Gasteiger partial charge is 0.382 e. The van der Waals surface area contributed by atoms with Gasteiger partial charge >= 0.3 is 0 Å². The van der Waals surface area contributed by atoms with E-state index in [0.717, 1.165) is 24.2 Å². The summed E-state index contributed by atoms with van der Waals surface area (Å²) in [5.41, 5.74) is 2.07. The van der Waals surface area contributed by atoms with Gasteiger partial charge in [0.05, 0.1) is 0 Å². The van der Waals surface area contributed by atoms with Crippen molar-refractivity contribution in [3.63, 3.8) is 0 Å². The zero-order valence-corrected chi connectivity index (χ0v) is 11.3. The van der Waals surface area contributed by atoms with Crippen molar-refractivity contribution in [1.82, 2.24) is 0 Å². The Morgan fingerprint density at radius 2 is 1.53 bits per heavy atom. The number of amides is 1. The molecule has 1 aromatic carbocycles. The molecule has 0 aliphatic heterocycles. The number of nitrogens with one attached hydrogen (secondary N) is 2. The van der Waals surface area contributed by atoms with Gasteiger partial charge < -0.3 is 10.6 Å². The van der Waals surface area contributed by atoms with Crippen LogP contribution in [0.1, 0.15) is 44.9 Å². The molecule has 0 atom stereocenters. The summed E-state index contributed by atoms with van der Waals surface area (Å²) in [5.74, 6) is 0.430. The van der Waals surface area contributed by atoms with E-state index in [4.69, 9.17) is 0 Å². The number of hydrogen-bond donors (Lipinski definition) is 2. The van der Waals surface area contributed by atoms with E-state index in [0.29, 0.717) is 6.04 Å². The highest BCUT2D eigenvalue weighted by atomic mass is 16.1. The van der Waals surface area contributed by atoms with Gasteiger partial charge in [-0.1, -0.05) is 19.3 Å². The number of hydrogen-bond acceptors (Lipinski definition) is 2. The molecular formula is C16H22N2O. The molecule has 1 aromatic rings. The molecule has 0 spiro atoms. The summed E-state index contributed by atoms with van der Waals surface area (Å²) in [5, 5.41) is 6.55. The number of carbonyl (C=O) groups excluding carboxylic acids is 1. The fourth-order valence-corrected chi connectivity index (χ4v) is 2.87. The first-order valence-corrected chi connectivity index (χ1v) is 7.49. The Kier molecular flexibility index (Phi) is 3.72. The normalized spacial score (nSPS) is 20.0. The first-order chi connectivity index (χ1) is 9.31. The van der Waals surface area contributed by atoms with Gasteiger partial charge in [0.1, 0.15) is 0 Å². The highest BCUT2D eigenvalue weighted by Gasteiger charge is 2.25. The van der Waals surface area contributed by atoms with Crippen LogP contribution in [0, 0.1) is 5.92 Å². The van der Waals surface area contributed by atoms with Gasteiger partial charge in [-0.05, 0) is 49.9 Å². The van der Waals surface area contributed by atoms with E-state index in [1.165, 1.54) is 32.1 Å². The van der Waals surface area contributed by atoms with E-state index in [9.17, 15) is 4.79 Å². The molecular weight excluding hydrogens is 236 g/mol. The van der Waals surface area contributed by atoms with Crippen LogP contribution in [0.2, 0.25) is 0 Å². The summed E-state index contributed by atoms with van der Waals surface area (Å²) in [6.45, 7) is 0. The smallest absolute Gasteiger partial charge is 0.227 e. The van der Waals surface area contributed by atoms with E-state index < -0.39 is 0 Å². The van der Waals surface area contributed by atoms with Crippen molar-refractivity contribution in [1.29, 1.82) is 0 Å². The van der Waals surface area contributed by atoms with Gasteiger partial charge in [-0.15, -0.1) is 0 Å². The predicted octanol–water partition coefficient (Wildman–Crippen LogP) is 3.78. The molecule has 2 N–H and O–H groups in total. The van der Waals surface area contributed by atoms with Gasteiger partial charge in [0.25, 0.3) is 0 Å². The van der Waals surface area contributed by atoms with Gasteiger partial charge in [0, 0.05) is 23.3 Å². The van der Waals surface area contributed by atoms with Crippen LogP contribution >= 0.6 is 0 Å². The van der Waals surface area contributed by atoms with Crippen molar-refractivity contribution in [3.8, 4) is 0 Å². The standard InChI is InChI=1S/C16H22N2O/c19-16(12-4-3-5-12)18-15-10-8-14(9-11-15)17-13-6-1-2-7-13/h8-13,17H,1-7H2,(H,18,19). The number of rotatable bonds is 4. The summed E-state index contributed by atoms with van der Waals surface area (Å²) >= 11 is 0. The average Bonchev–Trinajstić information content (AvgIpc) is 2.82. The first-order valence-electron chi connectivity index (χ1n) is 7.49. The van der Waals surface area contributed by atoms with Crippen LogP contribution < -0.4 is 10.6 Å². The van der Waals surface area contributed by atoms with Crippen molar-refractivity contribution in [2.75, 3.05) is 10.6 Å². The van der Waals surface area contributed by atoms with Crippen LogP contribution in [0.3, 0.4) is 0 Å². The lowest BCUT2D eigenvalue weighted by atomic mass is 9.85. The molecule has 2 aliphatic carbocycles. The molecule has 1 amide bonds. The number of benzene rings is 1. The molecule has 3 rings (SSSR count). The summed E-state index contributed by atoms with van der Waals surface area (Å²) in [6, 6.07) is 8.75. The Morgan fingerprint density at radius 1 is 0.895 bits per heavy atom. The fourth-order valence-electron chi connectivity index (χ4n) is 2.87. The molecule has 0 heterocycles. The van der Waals surface area contributed by atoms with Gasteiger partial charge in [0.2, 0.25) is 5.91 Å². The van der Waals surface area contributed by atoms with Crippen LogP contribution in [-0.4, -0.2) is 11.9 Å². The molecule has 3 nitrogen and oxygen atoms in total. The quantitative estimate of drug-likeness (QED) is 0.863. The SMILES string of the molecule is O=C(Nc1ccc(NC2CCCC2)cc1)C1CCC1. The molecule has 19 heavy (non-hydrogen) atoms. The van der Waals surface area contributed by atoms with Crippen molar-refractivity contribution in [2.45, 2.75) is 51.0 Å². The number of anilines is 2. The molecule has 0 saturated heterocycles. The van der Waals surface area contributed by atoms with Gasteiger partial charge in [-0.25, -0.2) is 0 Å². The topological polar surface area (TPSA) is 41.1 Å². The Bertz CT molecular complexity index is 431. The van der Waals surface area contributed by atoms with E-state index in [-0.39, 0.29) is 11.8 Å². The first kappa shape index (κ1) is 12.5. The van der Waals surface area contributed by atoms with Crippen LogP contribution in [0.4, 0.5) is 11.4 Å². The Hall–Kier alpha value is -1.51. The fraction of sp³-hybridized carbons (Fsp3) is 0.562. The third-order valence-corrected chi connectivity index (χ3v) is 4.35. The minimum absolute atomic E-state index is 0.183. The maximum Gasteiger partial charge on any atom is 0.227 e. The highest BCUT2D eigenvalue weighted by Crippen LogP contribution is 2.28. The molecule has 0 bridgehead atoms. The molecule has 3 heteroatoms. The lowest BCUT2D eigenvalue weighted by Gasteiger charge is -2.24. The van der Waals surface area contributed by atoms with Crippen LogP contribution in [0.15, 0.2) is 24.3 Å².